The van der Waals surface area contributed by atoms with Crippen LogP contribution in [0.4, 0.5) is 5.82 Å². The number of nitrogen functional groups attached to an aromatic ring is 1. The van der Waals surface area contributed by atoms with Gasteiger partial charge >= 0.3 is 5.97 Å². The van der Waals surface area contributed by atoms with E-state index in [9.17, 15) is 4.79 Å². The van der Waals surface area contributed by atoms with Crippen molar-refractivity contribution in [1.82, 2.24) is 25.3 Å². The summed E-state index contributed by atoms with van der Waals surface area (Å²) in [6, 6.07) is 10.4. The molecule has 0 radical (unpaired) electrons. The first kappa shape index (κ1) is 19.5. The van der Waals surface area contributed by atoms with Gasteiger partial charge in [0.25, 0.3) is 0 Å². The monoisotopic (exact) mass is 386 g/mol. The van der Waals surface area contributed by atoms with Crippen molar-refractivity contribution in [3.8, 4) is 5.82 Å². The zero-order valence-electron chi connectivity index (χ0n) is 16.1. The lowest BCUT2D eigenvalue weighted by molar-refractivity contribution is -0.948. The molecule has 3 N–H and O–H groups in total. The van der Waals surface area contributed by atoms with Crippen LogP contribution in [-0.2, 0) is 17.8 Å². The maximum atomic E-state index is 12.4. The molecule has 0 aliphatic rings. The quantitative estimate of drug-likeness (QED) is 0.533. The van der Waals surface area contributed by atoms with E-state index >= 15 is 0 Å². The number of aromatic nitrogens is 5. The highest BCUT2D eigenvalue weighted by atomic mass is 16.6. The molecule has 10 heteroatoms. The number of nitrogens with one attached hydrogen (secondary N) is 1. The van der Waals surface area contributed by atoms with E-state index in [0.717, 1.165) is 6.54 Å². The van der Waals surface area contributed by atoms with Gasteiger partial charge in [-0.3, -0.25) is 0 Å². The Labute approximate surface area is 162 Å². The smallest absolute Gasteiger partial charge is 0.361 e. The van der Waals surface area contributed by atoms with E-state index in [4.69, 9.17) is 10.5 Å². The molecule has 3 rings (SSSR count). The summed E-state index contributed by atoms with van der Waals surface area (Å²) >= 11 is 0. The van der Waals surface area contributed by atoms with Gasteiger partial charge in [0.1, 0.15) is 18.8 Å². The predicted octanol–water partition coefficient (Wildman–Crippen LogP) is 0.403. The number of anilines is 1. The minimum atomic E-state index is -0.540. The van der Waals surface area contributed by atoms with Crippen molar-refractivity contribution in [2.75, 3.05) is 12.3 Å². The van der Waals surface area contributed by atoms with Crippen LogP contribution in [0.25, 0.3) is 5.82 Å². The van der Waals surface area contributed by atoms with Gasteiger partial charge in [-0.05, 0) is 31.1 Å². The molecule has 10 nitrogen and oxygen atoms in total. The molecule has 0 bridgehead atoms. The lowest BCUT2D eigenvalue weighted by Gasteiger charge is -2.23. The second kappa shape index (κ2) is 8.61. The highest BCUT2D eigenvalue weighted by Gasteiger charge is 2.29. The van der Waals surface area contributed by atoms with Crippen LogP contribution in [0.2, 0.25) is 0 Å². The molecule has 0 fully saturated rings. The lowest BCUT2D eigenvalue weighted by Crippen LogP contribution is -3.12. The van der Waals surface area contributed by atoms with Gasteiger partial charge in [0.2, 0.25) is 11.6 Å². The predicted molar refractivity (Wildman–Crippen MR) is 99.5 cm³/mol. The van der Waals surface area contributed by atoms with E-state index in [2.05, 4.69) is 51.2 Å². The van der Waals surface area contributed by atoms with Crippen molar-refractivity contribution in [3.05, 3.63) is 47.3 Å². The number of quaternary nitrogens is 1. The molecular formula is C18H24N7O3+. The van der Waals surface area contributed by atoms with Crippen LogP contribution in [-0.4, -0.2) is 43.9 Å². The van der Waals surface area contributed by atoms with Gasteiger partial charge < -0.3 is 15.4 Å². The standard InChI is InChI=1S/C18H23N7O3/c1-4-27-18(26)15-14(25(23-20-15)17-16(19)21-28-22-17)11-24(12(2)3)10-13-8-6-5-7-9-13/h5-9,12H,4,10-11H2,1-3H3,(H2,19,21)/p+1. The number of benzene rings is 1. The Bertz CT molecular complexity index is 920. The second-order valence-electron chi connectivity index (χ2n) is 6.64. The third-order valence-electron chi connectivity index (χ3n) is 4.41. The topological polar surface area (TPSA) is 126 Å². The van der Waals surface area contributed by atoms with Crippen LogP contribution in [0.5, 0.6) is 0 Å². The van der Waals surface area contributed by atoms with Crippen LogP contribution in [0.3, 0.4) is 0 Å². The van der Waals surface area contributed by atoms with E-state index < -0.39 is 5.97 Å². The molecule has 0 amide bonds. The number of hydrogen-bond donors (Lipinski definition) is 2. The molecule has 0 saturated carbocycles. The molecular weight excluding hydrogens is 362 g/mol. The van der Waals surface area contributed by atoms with Crippen molar-refractivity contribution in [2.45, 2.75) is 39.9 Å². The molecule has 1 unspecified atom stereocenters. The molecule has 2 heterocycles. The first-order valence-electron chi connectivity index (χ1n) is 9.09. The lowest BCUT2D eigenvalue weighted by atomic mass is 10.1. The van der Waals surface area contributed by atoms with Gasteiger partial charge in [-0.2, -0.15) is 4.68 Å². The Hall–Kier alpha value is -3.27. The molecule has 148 valence electrons. The maximum absolute atomic E-state index is 12.4. The summed E-state index contributed by atoms with van der Waals surface area (Å²) in [6.45, 7) is 7.43. The first-order valence-corrected chi connectivity index (χ1v) is 9.09. The number of nitrogens with zero attached hydrogens (tertiary/aromatic N) is 5. The summed E-state index contributed by atoms with van der Waals surface area (Å²) in [5.74, 6) is -0.279. The normalized spacial score (nSPS) is 12.3. The van der Waals surface area contributed by atoms with Crippen molar-refractivity contribution in [3.63, 3.8) is 0 Å². The van der Waals surface area contributed by atoms with Crippen LogP contribution in [0.1, 0.15) is 42.5 Å². The average molecular weight is 386 g/mol. The fourth-order valence-electron chi connectivity index (χ4n) is 2.87. The molecule has 1 atom stereocenters. The molecule has 0 saturated heterocycles. The van der Waals surface area contributed by atoms with Gasteiger partial charge in [-0.15, -0.1) is 5.10 Å². The summed E-state index contributed by atoms with van der Waals surface area (Å²) in [6.07, 6.45) is 0. The van der Waals surface area contributed by atoms with E-state index in [1.54, 1.807) is 6.92 Å². The number of ether oxygens (including phenoxy) is 1. The summed E-state index contributed by atoms with van der Waals surface area (Å²) in [7, 11) is 0. The number of hydrogen-bond acceptors (Lipinski definition) is 8. The van der Waals surface area contributed by atoms with Crippen LogP contribution in [0.15, 0.2) is 35.0 Å². The maximum Gasteiger partial charge on any atom is 0.361 e. The van der Waals surface area contributed by atoms with Crippen molar-refractivity contribution < 1.29 is 19.1 Å². The highest BCUT2D eigenvalue weighted by molar-refractivity contribution is 5.88. The molecule has 28 heavy (non-hydrogen) atoms. The molecule has 0 spiro atoms. The number of esters is 1. The largest absolute Gasteiger partial charge is 0.461 e. The Balaban J connectivity index is 1.98. The Morgan fingerprint density at radius 2 is 2.00 bits per heavy atom. The van der Waals surface area contributed by atoms with E-state index in [-0.39, 0.29) is 30.0 Å². The molecule has 0 aliphatic heterocycles. The van der Waals surface area contributed by atoms with Gasteiger partial charge in [-0.1, -0.05) is 35.5 Å². The zero-order valence-corrected chi connectivity index (χ0v) is 16.1. The number of rotatable bonds is 8. The van der Waals surface area contributed by atoms with E-state index in [0.29, 0.717) is 12.2 Å². The molecule has 1 aromatic carbocycles. The minimum Gasteiger partial charge on any atom is -0.461 e. The third-order valence-corrected chi connectivity index (χ3v) is 4.41. The molecule has 2 aromatic heterocycles. The fourth-order valence-corrected chi connectivity index (χ4v) is 2.87. The molecule has 0 aliphatic carbocycles. The zero-order chi connectivity index (χ0) is 20.1. The summed E-state index contributed by atoms with van der Waals surface area (Å²) in [4.78, 5) is 13.6. The number of carbonyl (C=O) groups excluding carboxylic acids is 1. The van der Waals surface area contributed by atoms with Gasteiger partial charge in [0.05, 0.1) is 12.6 Å². The van der Waals surface area contributed by atoms with Crippen molar-refractivity contribution in [1.29, 1.82) is 0 Å². The third kappa shape index (κ3) is 4.17. The van der Waals surface area contributed by atoms with Crippen LogP contribution >= 0.6 is 0 Å². The van der Waals surface area contributed by atoms with Crippen molar-refractivity contribution in [2.24, 2.45) is 0 Å². The van der Waals surface area contributed by atoms with Crippen LogP contribution in [0, 0.1) is 0 Å². The van der Waals surface area contributed by atoms with Gasteiger partial charge in [0.15, 0.2) is 5.69 Å². The van der Waals surface area contributed by atoms with Crippen molar-refractivity contribution >= 4 is 11.8 Å². The summed E-state index contributed by atoms with van der Waals surface area (Å²) in [5, 5.41) is 15.4. The Morgan fingerprint density at radius 3 is 2.61 bits per heavy atom. The summed E-state index contributed by atoms with van der Waals surface area (Å²) < 4.78 is 11.2. The number of nitrogens with two attached hydrogens (primary N) is 1. The fraction of sp³-hybridized carbons (Fsp3) is 0.389. The SMILES string of the molecule is CCOC(=O)c1nnn(-c2nonc2N)c1C[NH+](Cc1ccccc1)C(C)C. The van der Waals surface area contributed by atoms with Crippen LogP contribution < -0.4 is 10.6 Å². The highest BCUT2D eigenvalue weighted by Crippen LogP contribution is 2.16. The van der Waals surface area contributed by atoms with E-state index in [1.807, 2.05) is 18.2 Å². The Morgan fingerprint density at radius 1 is 1.25 bits per heavy atom. The first-order chi connectivity index (χ1) is 13.5. The Kier molecular flexibility index (Phi) is 5.99. The minimum absolute atomic E-state index is 0.0655. The molecule has 3 aromatic rings. The summed E-state index contributed by atoms with van der Waals surface area (Å²) in [5.41, 5.74) is 7.68. The van der Waals surface area contributed by atoms with Gasteiger partial charge in [-0.25, -0.2) is 9.42 Å². The van der Waals surface area contributed by atoms with E-state index in [1.165, 1.54) is 15.1 Å². The number of carbonyl (C=O) groups is 1. The second-order valence-corrected chi connectivity index (χ2v) is 6.64. The average Bonchev–Trinajstić information content (AvgIpc) is 3.28. The van der Waals surface area contributed by atoms with Gasteiger partial charge in [0, 0.05) is 5.56 Å².